The lowest BCUT2D eigenvalue weighted by atomic mass is 9.77. The molecule has 0 bridgehead atoms. The molecule has 0 saturated heterocycles. The number of carbonyl (C=O) groups excluding carboxylic acids is 2. The molecule has 4 nitrogen and oxygen atoms in total. The van der Waals surface area contributed by atoms with Gasteiger partial charge in [0.1, 0.15) is 5.92 Å². The van der Waals surface area contributed by atoms with Crippen molar-refractivity contribution in [1.29, 1.82) is 0 Å². The van der Waals surface area contributed by atoms with Crippen molar-refractivity contribution in [1.82, 2.24) is 4.90 Å². The van der Waals surface area contributed by atoms with Gasteiger partial charge in [-0.25, -0.2) is 0 Å². The van der Waals surface area contributed by atoms with Crippen LogP contribution >= 0.6 is 0 Å². The van der Waals surface area contributed by atoms with Crippen LogP contribution in [0.4, 0.5) is 0 Å². The summed E-state index contributed by atoms with van der Waals surface area (Å²) in [5.41, 5.74) is 2.39. The standard InChI is InChI=1S/C23H25NO3/c1-27-23(26)20-18-14-8-9-15-19(18)22(25)24(17-12-6-3-7-13-17)21(20)16-10-4-2-5-11-16/h2,4-5,8-11,14-15,17,20-21H,3,6-7,12-13H2,1H3/t20-,21+/m1/s1. The third-order valence-electron chi connectivity index (χ3n) is 5.94. The van der Waals surface area contributed by atoms with Gasteiger partial charge in [-0.15, -0.1) is 0 Å². The maximum Gasteiger partial charge on any atom is 0.315 e. The van der Waals surface area contributed by atoms with E-state index in [9.17, 15) is 9.59 Å². The predicted octanol–water partition coefficient (Wildman–Crippen LogP) is 4.47. The van der Waals surface area contributed by atoms with Gasteiger partial charge in [0.05, 0.1) is 13.2 Å². The first-order chi connectivity index (χ1) is 13.2. The van der Waals surface area contributed by atoms with Gasteiger partial charge < -0.3 is 9.64 Å². The molecule has 2 atom stereocenters. The second-order valence-corrected chi connectivity index (χ2v) is 7.45. The fraction of sp³-hybridized carbons (Fsp3) is 0.391. The summed E-state index contributed by atoms with van der Waals surface area (Å²) in [6, 6.07) is 17.2. The van der Waals surface area contributed by atoms with Crippen molar-refractivity contribution in [3.8, 4) is 0 Å². The van der Waals surface area contributed by atoms with E-state index in [2.05, 4.69) is 0 Å². The number of benzene rings is 2. The maximum atomic E-state index is 13.5. The molecule has 0 aromatic heterocycles. The SMILES string of the molecule is COC(=O)[C@@H]1c2ccccc2C(=O)N(C2CCCCC2)[C@H]1c1ccccc1. The summed E-state index contributed by atoms with van der Waals surface area (Å²) in [5.74, 6) is -0.760. The first kappa shape index (κ1) is 17.8. The van der Waals surface area contributed by atoms with E-state index in [4.69, 9.17) is 4.74 Å². The third-order valence-corrected chi connectivity index (χ3v) is 5.94. The highest BCUT2D eigenvalue weighted by atomic mass is 16.5. The van der Waals surface area contributed by atoms with Crippen molar-refractivity contribution < 1.29 is 14.3 Å². The quantitative estimate of drug-likeness (QED) is 0.756. The Morgan fingerprint density at radius 3 is 2.33 bits per heavy atom. The molecule has 4 rings (SSSR count). The van der Waals surface area contributed by atoms with Gasteiger partial charge in [-0.05, 0) is 30.0 Å². The van der Waals surface area contributed by atoms with Crippen molar-refractivity contribution in [2.75, 3.05) is 7.11 Å². The van der Waals surface area contributed by atoms with Crippen LogP contribution in [0.15, 0.2) is 54.6 Å². The molecule has 1 aliphatic carbocycles. The smallest absolute Gasteiger partial charge is 0.315 e. The van der Waals surface area contributed by atoms with Gasteiger partial charge in [0, 0.05) is 11.6 Å². The number of amides is 1. The predicted molar refractivity (Wildman–Crippen MR) is 103 cm³/mol. The van der Waals surface area contributed by atoms with Crippen LogP contribution in [-0.2, 0) is 9.53 Å². The van der Waals surface area contributed by atoms with Gasteiger partial charge in [0.25, 0.3) is 5.91 Å². The van der Waals surface area contributed by atoms with Gasteiger partial charge in [-0.2, -0.15) is 0 Å². The fourth-order valence-corrected chi connectivity index (χ4v) is 4.70. The van der Waals surface area contributed by atoms with Crippen molar-refractivity contribution in [3.05, 3.63) is 71.3 Å². The van der Waals surface area contributed by atoms with E-state index >= 15 is 0 Å². The summed E-state index contributed by atoms with van der Waals surface area (Å²) in [5, 5.41) is 0. The molecule has 2 aromatic carbocycles. The van der Waals surface area contributed by atoms with Crippen LogP contribution in [0.3, 0.4) is 0 Å². The first-order valence-electron chi connectivity index (χ1n) is 9.76. The number of rotatable bonds is 3. The Labute approximate surface area is 160 Å². The molecule has 1 heterocycles. The van der Waals surface area contributed by atoms with Crippen LogP contribution < -0.4 is 0 Å². The van der Waals surface area contributed by atoms with Gasteiger partial charge in [0.15, 0.2) is 0 Å². The molecule has 140 valence electrons. The number of hydrogen-bond acceptors (Lipinski definition) is 3. The zero-order chi connectivity index (χ0) is 18.8. The van der Waals surface area contributed by atoms with Gasteiger partial charge >= 0.3 is 5.97 Å². The molecule has 0 N–H and O–H groups in total. The van der Waals surface area contributed by atoms with Crippen molar-refractivity contribution in [2.45, 2.75) is 50.1 Å². The molecular weight excluding hydrogens is 338 g/mol. The van der Waals surface area contributed by atoms with E-state index in [1.165, 1.54) is 13.5 Å². The third kappa shape index (κ3) is 3.14. The van der Waals surface area contributed by atoms with Crippen LogP contribution in [-0.4, -0.2) is 29.9 Å². The summed E-state index contributed by atoms with van der Waals surface area (Å²) >= 11 is 0. The lowest BCUT2D eigenvalue weighted by Crippen LogP contribution is -2.50. The van der Waals surface area contributed by atoms with Crippen molar-refractivity contribution in [3.63, 3.8) is 0 Å². The van der Waals surface area contributed by atoms with Crippen molar-refractivity contribution >= 4 is 11.9 Å². The number of fused-ring (bicyclic) bond motifs is 1. The van der Waals surface area contributed by atoms with Crippen LogP contribution in [0.1, 0.15) is 65.5 Å². The molecule has 1 saturated carbocycles. The Hall–Kier alpha value is -2.62. The largest absolute Gasteiger partial charge is 0.468 e. The molecule has 1 fully saturated rings. The highest BCUT2D eigenvalue weighted by Crippen LogP contribution is 2.46. The van der Waals surface area contributed by atoms with Gasteiger partial charge in [-0.3, -0.25) is 9.59 Å². The first-order valence-corrected chi connectivity index (χ1v) is 9.76. The van der Waals surface area contributed by atoms with Gasteiger partial charge in [-0.1, -0.05) is 67.8 Å². The number of ether oxygens (including phenoxy) is 1. The number of nitrogens with zero attached hydrogens (tertiary/aromatic N) is 1. The van der Waals surface area contributed by atoms with E-state index < -0.39 is 5.92 Å². The summed E-state index contributed by atoms with van der Waals surface area (Å²) < 4.78 is 5.19. The lowest BCUT2D eigenvalue weighted by Gasteiger charge is -2.46. The average Bonchev–Trinajstić information content (AvgIpc) is 2.74. The Morgan fingerprint density at radius 1 is 0.963 bits per heavy atom. The fourth-order valence-electron chi connectivity index (χ4n) is 4.70. The molecule has 2 aromatic rings. The van der Waals surface area contributed by atoms with E-state index in [1.54, 1.807) is 0 Å². The van der Waals surface area contributed by atoms with Crippen molar-refractivity contribution in [2.24, 2.45) is 0 Å². The van der Waals surface area contributed by atoms with Crippen LogP contribution in [0.25, 0.3) is 0 Å². The minimum atomic E-state index is -0.506. The minimum Gasteiger partial charge on any atom is -0.468 e. The number of hydrogen-bond donors (Lipinski definition) is 0. The molecule has 4 heteroatoms. The number of carbonyl (C=O) groups is 2. The summed E-state index contributed by atoms with van der Waals surface area (Å²) in [7, 11) is 1.42. The van der Waals surface area contributed by atoms with Crippen LogP contribution in [0.2, 0.25) is 0 Å². The normalized spacial score (nSPS) is 23.0. The highest BCUT2D eigenvalue weighted by molar-refractivity contribution is 6.00. The molecule has 2 aliphatic rings. The Morgan fingerprint density at radius 2 is 1.63 bits per heavy atom. The molecule has 27 heavy (non-hydrogen) atoms. The minimum absolute atomic E-state index is 0.0338. The number of methoxy groups -OCH3 is 1. The van der Waals surface area contributed by atoms with Crippen LogP contribution in [0, 0.1) is 0 Å². The Balaban J connectivity index is 1.90. The lowest BCUT2D eigenvalue weighted by molar-refractivity contribution is -0.144. The Kier molecular flexibility index (Phi) is 4.97. The van der Waals surface area contributed by atoms with E-state index in [-0.39, 0.29) is 24.0 Å². The topological polar surface area (TPSA) is 46.6 Å². The molecular formula is C23H25NO3. The second kappa shape index (κ2) is 7.55. The van der Waals surface area contributed by atoms with E-state index in [0.29, 0.717) is 5.56 Å². The molecule has 0 radical (unpaired) electrons. The summed E-state index contributed by atoms with van der Waals surface area (Å²) in [6.07, 6.45) is 5.45. The number of esters is 1. The zero-order valence-corrected chi connectivity index (χ0v) is 15.6. The zero-order valence-electron chi connectivity index (χ0n) is 15.6. The second-order valence-electron chi connectivity index (χ2n) is 7.45. The summed E-state index contributed by atoms with van der Waals surface area (Å²) in [6.45, 7) is 0. The van der Waals surface area contributed by atoms with Crippen LogP contribution in [0.5, 0.6) is 0 Å². The van der Waals surface area contributed by atoms with E-state index in [1.807, 2.05) is 59.5 Å². The highest BCUT2D eigenvalue weighted by Gasteiger charge is 2.47. The molecule has 0 unspecified atom stereocenters. The van der Waals surface area contributed by atoms with Gasteiger partial charge in [0.2, 0.25) is 0 Å². The average molecular weight is 363 g/mol. The maximum absolute atomic E-state index is 13.5. The molecule has 1 aliphatic heterocycles. The molecule has 1 amide bonds. The Bertz CT molecular complexity index is 827. The molecule has 0 spiro atoms. The monoisotopic (exact) mass is 363 g/mol. The van der Waals surface area contributed by atoms with E-state index in [0.717, 1.165) is 36.8 Å². The summed E-state index contributed by atoms with van der Waals surface area (Å²) in [4.78, 5) is 28.4.